The maximum atomic E-state index is 13.2. The molecule has 0 aliphatic heterocycles. The first-order valence-corrected chi connectivity index (χ1v) is 10.5. The molecule has 0 saturated carbocycles. The molecule has 3 aromatic rings. The zero-order valence-electron chi connectivity index (χ0n) is 16.1. The SMILES string of the molecule is COc1ccc(S(=O)(=O)N(C)c2ccc(C(=O)Nc3ccc(F)c(Cl)c3)cc2)cc1. The van der Waals surface area contributed by atoms with Crippen molar-refractivity contribution < 1.29 is 22.3 Å². The van der Waals surface area contributed by atoms with Crippen LogP contribution in [0.1, 0.15) is 10.4 Å². The van der Waals surface area contributed by atoms with Crippen LogP contribution in [-0.4, -0.2) is 28.5 Å². The second kappa shape index (κ2) is 8.73. The molecule has 30 heavy (non-hydrogen) atoms. The summed E-state index contributed by atoms with van der Waals surface area (Å²) in [6.45, 7) is 0. The molecule has 9 heteroatoms. The van der Waals surface area contributed by atoms with Crippen molar-refractivity contribution in [2.24, 2.45) is 0 Å². The zero-order chi connectivity index (χ0) is 21.9. The van der Waals surface area contributed by atoms with Gasteiger partial charge in [-0.15, -0.1) is 0 Å². The number of amides is 1. The highest BCUT2D eigenvalue weighted by atomic mass is 35.5. The van der Waals surface area contributed by atoms with Crippen molar-refractivity contribution in [1.29, 1.82) is 0 Å². The largest absolute Gasteiger partial charge is 0.497 e. The van der Waals surface area contributed by atoms with Crippen LogP contribution in [0.4, 0.5) is 15.8 Å². The standard InChI is InChI=1S/C21H18ClFN2O4S/c1-25(30(27,28)18-10-8-17(29-2)9-11-18)16-6-3-14(4-7-16)21(26)24-15-5-12-20(23)19(22)13-15/h3-13H,1-2H3,(H,24,26). The Morgan fingerprint density at radius 2 is 1.67 bits per heavy atom. The number of sulfonamides is 1. The van der Waals surface area contributed by atoms with E-state index in [2.05, 4.69) is 5.32 Å². The first-order valence-electron chi connectivity index (χ1n) is 8.72. The number of nitrogens with one attached hydrogen (secondary N) is 1. The number of hydrogen-bond acceptors (Lipinski definition) is 4. The Bertz CT molecular complexity index is 1170. The Kier molecular flexibility index (Phi) is 6.28. The van der Waals surface area contributed by atoms with E-state index in [0.29, 0.717) is 22.7 Å². The molecule has 0 bridgehead atoms. The molecule has 3 rings (SSSR count). The average molecular weight is 449 g/mol. The first kappa shape index (κ1) is 21.6. The minimum atomic E-state index is -3.78. The Labute approximate surface area is 178 Å². The lowest BCUT2D eigenvalue weighted by molar-refractivity contribution is 0.102. The number of ether oxygens (including phenoxy) is 1. The molecule has 0 spiro atoms. The van der Waals surface area contributed by atoms with Gasteiger partial charge in [0.05, 0.1) is 22.7 Å². The number of hydrogen-bond donors (Lipinski definition) is 1. The fraction of sp³-hybridized carbons (Fsp3) is 0.0952. The molecule has 1 amide bonds. The molecule has 156 valence electrons. The van der Waals surface area contributed by atoms with Gasteiger partial charge in [0.2, 0.25) is 0 Å². The fourth-order valence-electron chi connectivity index (χ4n) is 2.64. The third-order valence-corrected chi connectivity index (χ3v) is 6.48. The summed E-state index contributed by atoms with van der Waals surface area (Å²) in [7, 11) is -0.857. The first-order chi connectivity index (χ1) is 14.2. The van der Waals surface area contributed by atoms with Crippen LogP contribution >= 0.6 is 11.6 Å². The number of carbonyl (C=O) groups is 1. The lowest BCUT2D eigenvalue weighted by Gasteiger charge is -2.20. The molecular weight excluding hydrogens is 431 g/mol. The molecule has 0 atom stereocenters. The third-order valence-electron chi connectivity index (χ3n) is 4.39. The van der Waals surface area contributed by atoms with E-state index in [0.717, 1.165) is 10.4 Å². The van der Waals surface area contributed by atoms with E-state index in [4.69, 9.17) is 16.3 Å². The van der Waals surface area contributed by atoms with Gasteiger partial charge < -0.3 is 10.1 Å². The molecule has 0 saturated heterocycles. The Hall–Kier alpha value is -3.10. The van der Waals surface area contributed by atoms with Crippen molar-refractivity contribution in [2.45, 2.75) is 4.90 Å². The van der Waals surface area contributed by atoms with Crippen molar-refractivity contribution in [2.75, 3.05) is 23.8 Å². The second-order valence-corrected chi connectivity index (χ2v) is 8.65. The van der Waals surface area contributed by atoms with Gasteiger partial charge in [0, 0.05) is 18.3 Å². The Morgan fingerprint density at radius 3 is 2.23 bits per heavy atom. The van der Waals surface area contributed by atoms with Crippen LogP contribution in [-0.2, 0) is 10.0 Å². The average Bonchev–Trinajstić information content (AvgIpc) is 2.76. The van der Waals surface area contributed by atoms with Gasteiger partial charge in [-0.25, -0.2) is 12.8 Å². The fourth-order valence-corrected chi connectivity index (χ4v) is 4.02. The van der Waals surface area contributed by atoms with Crippen molar-refractivity contribution in [1.82, 2.24) is 0 Å². The summed E-state index contributed by atoms with van der Waals surface area (Å²) in [5.74, 6) is -0.473. The predicted octanol–water partition coefficient (Wildman–Crippen LogP) is 4.57. The van der Waals surface area contributed by atoms with Gasteiger partial charge >= 0.3 is 0 Å². The summed E-state index contributed by atoms with van der Waals surface area (Å²) in [5, 5.41) is 2.50. The zero-order valence-corrected chi connectivity index (χ0v) is 17.7. The van der Waals surface area contributed by atoms with E-state index in [1.165, 1.54) is 62.7 Å². The minimum absolute atomic E-state index is 0.103. The molecule has 1 N–H and O–H groups in total. The molecule has 0 aromatic heterocycles. The number of carbonyl (C=O) groups excluding carboxylic acids is 1. The van der Waals surface area contributed by atoms with E-state index in [1.54, 1.807) is 12.1 Å². The molecular formula is C21H18ClFN2O4S. The van der Waals surface area contributed by atoms with Crippen molar-refractivity contribution >= 4 is 38.9 Å². The molecule has 0 heterocycles. The smallest absolute Gasteiger partial charge is 0.264 e. The summed E-state index contributed by atoms with van der Waals surface area (Å²) in [5.41, 5.74) is 1.02. The number of rotatable bonds is 6. The number of anilines is 2. The number of halogens is 2. The van der Waals surface area contributed by atoms with E-state index in [1.807, 2.05) is 0 Å². The number of methoxy groups -OCH3 is 1. The van der Waals surface area contributed by atoms with Gasteiger partial charge in [0.15, 0.2) is 0 Å². The highest BCUT2D eigenvalue weighted by molar-refractivity contribution is 7.92. The van der Waals surface area contributed by atoms with Gasteiger partial charge in [-0.05, 0) is 66.7 Å². The van der Waals surface area contributed by atoms with Gasteiger partial charge in [0.1, 0.15) is 11.6 Å². The van der Waals surface area contributed by atoms with Crippen LogP contribution < -0.4 is 14.4 Å². The van der Waals surface area contributed by atoms with Gasteiger partial charge in [-0.2, -0.15) is 0 Å². The van der Waals surface area contributed by atoms with Crippen molar-refractivity contribution in [3.63, 3.8) is 0 Å². The molecule has 0 unspecified atom stereocenters. The highest BCUT2D eigenvalue weighted by Gasteiger charge is 2.21. The minimum Gasteiger partial charge on any atom is -0.497 e. The lowest BCUT2D eigenvalue weighted by atomic mass is 10.2. The molecule has 6 nitrogen and oxygen atoms in total. The molecule has 3 aromatic carbocycles. The maximum Gasteiger partial charge on any atom is 0.264 e. The van der Waals surface area contributed by atoms with E-state index in [-0.39, 0.29) is 9.92 Å². The quantitative estimate of drug-likeness (QED) is 0.599. The van der Waals surface area contributed by atoms with Crippen LogP contribution in [0.2, 0.25) is 5.02 Å². The molecule has 0 radical (unpaired) electrons. The predicted molar refractivity (Wildman–Crippen MR) is 114 cm³/mol. The van der Waals surface area contributed by atoms with Crippen LogP contribution in [0, 0.1) is 5.82 Å². The normalized spacial score (nSPS) is 11.1. The van der Waals surface area contributed by atoms with E-state index >= 15 is 0 Å². The Balaban J connectivity index is 1.76. The molecule has 0 aliphatic rings. The van der Waals surface area contributed by atoms with E-state index in [9.17, 15) is 17.6 Å². The summed E-state index contributed by atoms with van der Waals surface area (Å²) in [4.78, 5) is 12.5. The maximum absolute atomic E-state index is 13.2. The Morgan fingerprint density at radius 1 is 1.03 bits per heavy atom. The van der Waals surface area contributed by atoms with Crippen LogP contribution in [0.3, 0.4) is 0 Å². The van der Waals surface area contributed by atoms with Gasteiger partial charge in [-0.3, -0.25) is 9.10 Å². The molecule has 0 fully saturated rings. The monoisotopic (exact) mass is 448 g/mol. The highest BCUT2D eigenvalue weighted by Crippen LogP contribution is 2.25. The van der Waals surface area contributed by atoms with E-state index < -0.39 is 21.7 Å². The number of nitrogens with zero attached hydrogens (tertiary/aromatic N) is 1. The number of benzene rings is 3. The summed E-state index contributed by atoms with van der Waals surface area (Å²) >= 11 is 5.71. The van der Waals surface area contributed by atoms with Gasteiger partial charge in [-0.1, -0.05) is 11.6 Å². The van der Waals surface area contributed by atoms with Crippen LogP contribution in [0.15, 0.2) is 71.6 Å². The van der Waals surface area contributed by atoms with Crippen LogP contribution in [0.25, 0.3) is 0 Å². The second-order valence-electron chi connectivity index (χ2n) is 6.28. The summed E-state index contributed by atoms with van der Waals surface area (Å²) in [6.07, 6.45) is 0. The third kappa shape index (κ3) is 4.55. The van der Waals surface area contributed by atoms with Crippen molar-refractivity contribution in [3.8, 4) is 5.75 Å². The van der Waals surface area contributed by atoms with Crippen LogP contribution in [0.5, 0.6) is 5.75 Å². The summed E-state index contributed by atoms with van der Waals surface area (Å²) in [6, 6.07) is 15.9. The molecule has 0 aliphatic carbocycles. The van der Waals surface area contributed by atoms with Crippen molar-refractivity contribution in [3.05, 3.63) is 83.1 Å². The topological polar surface area (TPSA) is 75.7 Å². The van der Waals surface area contributed by atoms with Gasteiger partial charge in [0.25, 0.3) is 15.9 Å². The lowest BCUT2D eigenvalue weighted by Crippen LogP contribution is -2.26. The summed E-state index contributed by atoms with van der Waals surface area (Å²) < 4.78 is 45.0.